The monoisotopic (exact) mass is 453 g/mol. The van der Waals surface area contributed by atoms with Gasteiger partial charge in [-0.2, -0.15) is 0 Å². The molecule has 33 heavy (non-hydrogen) atoms. The molecule has 1 aliphatic carbocycles. The van der Waals surface area contributed by atoms with E-state index >= 15 is 0 Å². The van der Waals surface area contributed by atoms with Crippen LogP contribution in [0.25, 0.3) is 11.1 Å². The van der Waals surface area contributed by atoms with Crippen molar-refractivity contribution in [1.29, 1.82) is 5.41 Å². The zero-order valence-corrected chi connectivity index (χ0v) is 18.8. The van der Waals surface area contributed by atoms with E-state index in [1.165, 1.54) is 18.6 Å². The third-order valence-corrected chi connectivity index (χ3v) is 6.79. The predicted molar refractivity (Wildman–Crippen MR) is 124 cm³/mol. The first kappa shape index (κ1) is 23.1. The van der Waals surface area contributed by atoms with Gasteiger partial charge in [-0.05, 0) is 61.4 Å². The van der Waals surface area contributed by atoms with Crippen LogP contribution in [0.3, 0.4) is 0 Å². The van der Waals surface area contributed by atoms with Gasteiger partial charge in [-0.3, -0.25) is 9.59 Å². The summed E-state index contributed by atoms with van der Waals surface area (Å²) in [6.07, 6.45) is 4.65. The molecule has 0 radical (unpaired) electrons. The molecular formula is C26H29F2N3O2. The normalized spacial score (nSPS) is 16.7. The number of rotatable bonds is 8. The van der Waals surface area contributed by atoms with Gasteiger partial charge in [-0.1, -0.05) is 24.6 Å². The van der Waals surface area contributed by atoms with Gasteiger partial charge in [0.1, 0.15) is 12.5 Å². The van der Waals surface area contributed by atoms with Crippen LogP contribution in [0.2, 0.25) is 0 Å². The molecule has 2 aromatic carbocycles. The number of fused-ring (bicyclic) bond motifs is 1. The molecule has 7 heteroatoms. The number of carbonyl (C=O) groups excluding carboxylic acids is 2. The van der Waals surface area contributed by atoms with Crippen LogP contribution in [0.15, 0.2) is 36.4 Å². The second-order valence-corrected chi connectivity index (χ2v) is 8.97. The second kappa shape index (κ2) is 9.81. The topological polar surface area (TPSA) is 73.3 Å². The molecule has 4 rings (SSSR count). The summed E-state index contributed by atoms with van der Waals surface area (Å²) in [5, 5.41) is 10.7. The lowest BCUT2D eigenvalue weighted by atomic mass is 9.79. The number of nitrogens with one attached hydrogen (secondary N) is 2. The summed E-state index contributed by atoms with van der Waals surface area (Å²) < 4.78 is 27.0. The highest BCUT2D eigenvalue weighted by atomic mass is 19.1. The lowest BCUT2D eigenvalue weighted by Crippen LogP contribution is -2.45. The van der Waals surface area contributed by atoms with Crippen molar-refractivity contribution in [2.75, 3.05) is 19.8 Å². The van der Waals surface area contributed by atoms with Gasteiger partial charge in [0.25, 0.3) is 11.8 Å². The van der Waals surface area contributed by atoms with Gasteiger partial charge < -0.3 is 15.6 Å². The molecule has 0 aromatic heterocycles. The zero-order valence-electron chi connectivity index (χ0n) is 18.8. The largest absolute Gasteiger partial charge is 0.349 e. The minimum absolute atomic E-state index is 0.0213. The fourth-order valence-corrected chi connectivity index (χ4v) is 4.60. The van der Waals surface area contributed by atoms with Gasteiger partial charge >= 0.3 is 0 Å². The molecule has 0 unspecified atom stereocenters. The smallest absolute Gasteiger partial charge is 0.254 e. The van der Waals surface area contributed by atoms with Gasteiger partial charge in [-0.25, -0.2) is 8.78 Å². The predicted octanol–water partition coefficient (Wildman–Crippen LogP) is 4.79. The summed E-state index contributed by atoms with van der Waals surface area (Å²) >= 11 is 0. The molecule has 1 atom stereocenters. The van der Waals surface area contributed by atoms with Gasteiger partial charge in [0.05, 0.1) is 0 Å². The summed E-state index contributed by atoms with van der Waals surface area (Å²) in [7, 11) is 0. The number of halogens is 2. The van der Waals surface area contributed by atoms with E-state index in [0.29, 0.717) is 42.0 Å². The molecule has 5 nitrogen and oxygen atoms in total. The summed E-state index contributed by atoms with van der Waals surface area (Å²) in [5.41, 5.74) is 3.36. The Balaban J connectivity index is 1.49. The van der Waals surface area contributed by atoms with Crippen LogP contribution in [0.4, 0.5) is 8.78 Å². The van der Waals surface area contributed by atoms with Gasteiger partial charge in [0.15, 0.2) is 0 Å². The quantitative estimate of drug-likeness (QED) is 0.564. The molecule has 0 spiro atoms. The Morgan fingerprint density at radius 3 is 2.64 bits per heavy atom. The molecule has 2 amide bonds. The molecule has 1 fully saturated rings. The highest BCUT2D eigenvalue weighted by molar-refractivity contribution is 5.98. The average molecular weight is 454 g/mol. The number of alkyl halides is 1. The lowest BCUT2D eigenvalue weighted by molar-refractivity contribution is 0.0678. The van der Waals surface area contributed by atoms with Gasteiger partial charge in [-0.15, -0.1) is 0 Å². The van der Waals surface area contributed by atoms with Crippen molar-refractivity contribution in [3.63, 3.8) is 0 Å². The molecule has 2 aromatic rings. The van der Waals surface area contributed by atoms with Crippen LogP contribution in [0, 0.1) is 17.1 Å². The number of nitrogens with zero attached hydrogens (tertiary/aromatic N) is 1. The molecule has 1 saturated carbocycles. The first-order valence-corrected chi connectivity index (χ1v) is 11.5. The van der Waals surface area contributed by atoms with E-state index < -0.39 is 18.4 Å². The van der Waals surface area contributed by atoms with Crippen molar-refractivity contribution < 1.29 is 18.4 Å². The Morgan fingerprint density at radius 1 is 1.21 bits per heavy atom. The SMILES string of the molecule is C[C@H](CC(=N)C1CCC1)N1CCc2cc(-c3ccc(C(=O)NCCF)cc3F)ccc2C1=O. The molecule has 0 saturated heterocycles. The third-order valence-electron chi connectivity index (χ3n) is 6.79. The number of hydrogen-bond donors (Lipinski definition) is 2. The summed E-state index contributed by atoms with van der Waals surface area (Å²) in [4.78, 5) is 26.9. The molecular weight excluding hydrogens is 424 g/mol. The average Bonchev–Trinajstić information content (AvgIpc) is 2.76. The van der Waals surface area contributed by atoms with Crippen molar-refractivity contribution in [2.45, 2.75) is 45.1 Å². The van der Waals surface area contributed by atoms with E-state index in [2.05, 4.69) is 5.32 Å². The Bertz CT molecular complexity index is 1080. The fourth-order valence-electron chi connectivity index (χ4n) is 4.60. The molecule has 1 aliphatic heterocycles. The first-order valence-electron chi connectivity index (χ1n) is 11.5. The zero-order chi connectivity index (χ0) is 23.5. The van der Waals surface area contributed by atoms with Crippen molar-refractivity contribution in [3.05, 3.63) is 58.9 Å². The number of benzene rings is 2. The second-order valence-electron chi connectivity index (χ2n) is 8.97. The van der Waals surface area contributed by atoms with Crippen LogP contribution in [0.5, 0.6) is 0 Å². The Hall–Kier alpha value is -3.09. The van der Waals surface area contributed by atoms with E-state index in [1.807, 2.05) is 17.9 Å². The van der Waals surface area contributed by atoms with E-state index in [9.17, 15) is 18.4 Å². The Kier molecular flexibility index (Phi) is 6.86. The fraction of sp³-hybridized carbons (Fsp3) is 0.423. The van der Waals surface area contributed by atoms with Gasteiger partial charge in [0, 0.05) is 48.0 Å². The summed E-state index contributed by atoms with van der Waals surface area (Å²) in [6.45, 7) is 1.79. The van der Waals surface area contributed by atoms with Crippen LogP contribution in [-0.4, -0.2) is 48.2 Å². The van der Waals surface area contributed by atoms with E-state index in [4.69, 9.17) is 5.41 Å². The van der Waals surface area contributed by atoms with Crippen LogP contribution >= 0.6 is 0 Å². The number of amides is 2. The van der Waals surface area contributed by atoms with Crippen molar-refractivity contribution in [3.8, 4) is 11.1 Å². The maximum absolute atomic E-state index is 14.8. The molecule has 2 aliphatic rings. The Labute approximate surface area is 192 Å². The lowest BCUT2D eigenvalue weighted by Gasteiger charge is -2.36. The molecule has 0 bridgehead atoms. The minimum Gasteiger partial charge on any atom is -0.349 e. The van der Waals surface area contributed by atoms with Crippen LogP contribution < -0.4 is 5.32 Å². The van der Waals surface area contributed by atoms with Gasteiger partial charge in [0.2, 0.25) is 0 Å². The first-order chi connectivity index (χ1) is 15.9. The van der Waals surface area contributed by atoms with Crippen molar-refractivity contribution in [2.24, 2.45) is 5.92 Å². The molecule has 1 heterocycles. The van der Waals surface area contributed by atoms with Crippen molar-refractivity contribution >= 4 is 17.5 Å². The number of carbonyl (C=O) groups is 2. The Morgan fingerprint density at radius 2 is 1.97 bits per heavy atom. The molecule has 2 N–H and O–H groups in total. The van der Waals surface area contributed by atoms with Crippen LogP contribution in [-0.2, 0) is 6.42 Å². The highest BCUT2D eigenvalue weighted by Crippen LogP contribution is 2.32. The molecule has 174 valence electrons. The standard InChI is InChI=1S/C26H29F2N3O2/c1-16(13-24(29)17-3-2-4-17)31-12-9-19-14-18(5-8-22(19)26(31)33)21-7-6-20(15-23(21)28)25(32)30-11-10-27/h5-8,14-17,29H,2-4,9-13H2,1H3,(H,30,32)/t16-/m1/s1. The number of hydrogen-bond acceptors (Lipinski definition) is 3. The van der Waals surface area contributed by atoms with E-state index in [0.717, 1.165) is 30.2 Å². The summed E-state index contributed by atoms with van der Waals surface area (Å²) in [6, 6.07) is 9.48. The van der Waals surface area contributed by atoms with E-state index in [-0.39, 0.29) is 24.1 Å². The third kappa shape index (κ3) is 4.82. The maximum atomic E-state index is 14.8. The summed E-state index contributed by atoms with van der Waals surface area (Å²) in [5.74, 6) is -0.723. The van der Waals surface area contributed by atoms with E-state index in [1.54, 1.807) is 12.1 Å². The minimum atomic E-state index is -0.681. The van der Waals surface area contributed by atoms with Crippen molar-refractivity contribution in [1.82, 2.24) is 10.2 Å². The maximum Gasteiger partial charge on any atom is 0.254 e. The van der Waals surface area contributed by atoms with Crippen LogP contribution in [0.1, 0.15) is 58.9 Å². The highest BCUT2D eigenvalue weighted by Gasteiger charge is 2.31.